The average molecular weight is 229 g/mol. The molecule has 1 aliphatic carbocycles. The molecule has 2 nitrogen and oxygen atoms in total. The van der Waals surface area contributed by atoms with Crippen molar-refractivity contribution in [2.75, 3.05) is 5.32 Å². The lowest BCUT2D eigenvalue weighted by molar-refractivity contribution is -0.276. The molecule has 0 atom stereocenters. The number of rotatable bonds is 2. The monoisotopic (exact) mass is 229 g/mol. The highest BCUT2D eigenvalue weighted by Gasteiger charge is 2.25. The Balaban J connectivity index is 2.18. The summed E-state index contributed by atoms with van der Waals surface area (Å²) in [5, 5.41) is 3.49. The van der Waals surface area contributed by atoms with Gasteiger partial charge in [-0.25, -0.2) is 0 Å². The highest BCUT2D eigenvalue weighted by Crippen LogP contribution is 2.37. The fourth-order valence-corrected chi connectivity index (χ4v) is 2.37. The van der Waals surface area contributed by atoms with Crippen LogP contribution in [0.1, 0.15) is 26.7 Å². The second kappa shape index (κ2) is 4.76. The van der Waals surface area contributed by atoms with E-state index < -0.39 is 0 Å². The van der Waals surface area contributed by atoms with E-state index in [4.69, 9.17) is 0 Å². The SMILES string of the molecule is CC1(C)CC(Nc2ccccc2)=C/C(=C/[NH3+])C1. The first-order valence-electron chi connectivity index (χ1n) is 6.10. The summed E-state index contributed by atoms with van der Waals surface area (Å²) in [7, 11) is 0. The van der Waals surface area contributed by atoms with Crippen LogP contribution in [0, 0.1) is 5.41 Å². The zero-order valence-electron chi connectivity index (χ0n) is 10.7. The van der Waals surface area contributed by atoms with Gasteiger partial charge in [-0.2, -0.15) is 0 Å². The van der Waals surface area contributed by atoms with E-state index in [-0.39, 0.29) is 0 Å². The van der Waals surface area contributed by atoms with Crippen LogP contribution in [-0.2, 0) is 0 Å². The number of allylic oxidation sites excluding steroid dienone is 3. The molecule has 0 saturated heterocycles. The van der Waals surface area contributed by atoms with Crippen molar-refractivity contribution in [3.05, 3.63) is 53.9 Å². The van der Waals surface area contributed by atoms with Gasteiger partial charge in [0.05, 0.1) is 6.20 Å². The summed E-state index contributed by atoms with van der Waals surface area (Å²) in [6.07, 6.45) is 6.38. The van der Waals surface area contributed by atoms with Gasteiger partial charge < -0.3 is 11.1 Å². The third-order valence-corrected chi connectivity index (χ3v) is 3.05. The van der Waals surface area contributed by atoms with Crippen LogP contribution in [0.3, 0.4) is 0 Å². The molecule has 17 heavy (non-hydrogen) atoms. The van der Waals surface area contributed by atoms with Crippen molar-refractivity contribution < 1.29 is 5.73 Å². The van der Waals surface area contributed by atoms with E-state index in [0.717, 1.165) is 18.5 Å². The van der Waals surface area contributed by atoms with E-state index >= 15 is 0 Å². The molecule has 90 valence electrons. The maximum Gasteiger partial charge on any atom is 0.0942 e. The Hall–Kier alpha value is -1.54. The first-order valence-corrected chi connectivity index (χ1v) is 6.10. The van der Waals surface area contributed by atoms with Crippen LogP contribution in [0.2, 0.25) is 0 Å². The molecule has 0 amide bonds. The first kappa shape index (κ1) is 11.9. The molecule has 1 aromatic rings. The number of anilines is 1. The maximum absolute atomic E-state index is 3.88. The van der Waals surface area contributed by atoms with Gasteiger partial charge >= 0.3 is 0 Å². The summed E-state index contributed by atoms with van der Waals surface area (Å²) in [5.74, 6) is 0. The summed E-state index contributed by atoms with van der Waals surface area (Å²) in [6, 6.07) is 10.3. The topological polar surface area (TPSA) is 39.7 Å². The van der Waals surface area contributed by atoms with E-state index in [2.05, 4.69) is 55.2 Å². The standard InChI is InChI=1S/C15H20N2/c1-15(2)9-12(11-16)8-14(10-15)17-13-6-4-3-5-7-13/h3-8,11,17H,9-10,16H2,1-2H3/p+1/b12-11-. The minimum atomic E-state index is 0.315. The summed E-state index contributed by atoms with van der Waals surface area (Å²) in [4.78, 5) is 0. The molecule has 0 aromatic heterocycles. The second-order valence-corrected chi connectivity index (χ2v) is 5.46. The van der Waals surface area contributed by atoms with Gasteiger partial charge in [-0.3, -0.25) is 0 Å². The van der Waals surface area contributed by atoms with Crippen LogP contribution in [0.5, 0.6) is 0 Å². The third kappa shape index (κ3) is 3.21. The van der Waals surface area contributed by atoms with E-state index in [9.17, 15) is 0 Å². The molecular weight excluding hydrogens is 208 g/mol. The summed E-state index contributed by atoms with van der Waals surface area (Å²) >= 11 is 0. The quantitative estimate of drug-likeness (QED) is 0.804. The molecular formula is C15H21N2+. The van der Waals surface area contributed by atoms with Gasteiger partial charge in [0, 0.05) is 17.0 Å². The van der Waals surface area contributed by atoms with Crippen molar-refractivity contribution in [3.63, 3.8) is 0 Å². The number of quaternary nitrogens is 1. The van der Waals surface area contributed by atoms with Crippen molar-refractivity contribution in [1.82, 2.24) is 0 Å². The van der Waals surface area contributed by atoms with Crippen LogP contribution >= 0.6 is 0 Å². The molecule has 0 unspecified atom stereocenters. The Morgan fingerprint density at radius 2 is 1.88 bits per heavy atom. The van der Waals surface area contributed by atoms with Gasteiger partial charge in [-0.05, 0) is 36.5 Å². The van der Waals surface area contributed by atoms with Gasteiger partial charge in [0.25, 0.3) is 0 Å². The lowest BCUT2D eigenvalue weighted by Gasteiger charge is -2.31. The fourth-order valence-electron chi connectivity index (χ4n) is 2.37. The number of benzene rings is 1. The zero-order chi connectivity index (χ0) is 12.3. The molecule has 0 aliphatic heterocycles. The molecule has 4 N–H and O–H groups in total. The number of hydrogen-bond acceptors (Lipinski definition) is 1. The predicted octanol–water partition coefficient (Wildman–Crippen LogP) is 2.93. The fraction of sp³-hybridized carbons (Fsp3) is 0.333. The predicted molar refractivity (Wildman–Crippen MR) is 72.1 cm³/mol. The van der Waals surface area contributed by atoms with E-state index in [1.165, 1.54) is 11.3 Å². The Labute approximate surface area is 103 Å². The van der Waals surface area contributed by atoms with E-state index in [1.54, 1.807) is 0 Å². The molecule has 0 saturated carbocycles. The molecule has 2 heteroatoms. The van der Waals surface area contributed by atoms with E-state index in [1.807, 2.05) is 12.3 Å². The lowest BCUT2D eigenvalue weighted by atomic mass is 9.77. The second-order valence-electron chi connectivity index (χ2n) is 5.46. The summed E-state index contributed by atoms with van der Waals surface area (Å²) < 4.78 is 0. The number of nitrogens with one attached hydrogen (secondary N) is 1. The van der Waals surface area contributed by atoms with Crippen LogP contribution < -0.4 is 11.1 Å². The van der Waals surface area contributed by atoms with E-state index in [0.29, 0.717) is 5.41 Å². The van der Waals surface area contributed by atoms with Crippen molar-refractivity contribution >= 4 is 5.69 Å². The normalized spacial score (nSPS) is 21.1. The van der Waals surface area contributed by atoms with Crippen LogP contribution in [0.15, 0.2) is 53.9 Å². The van der Waals surface area contributed by atoms with Crippen molar-refractivity contribution in [1.29, 1.82) is 0 Å². The highest BCUT2D eigenvalue weighted by molar-refractivity contribution is 5.50. The molecule has 1 aliphatic rings. The van der Waals surface area contributed by atoms with Crippen molar-refractivity contribution in [3.8, 4) is 0 Å². The molecule has 1 aromatic carbocycles. The maximum atomic E-state index is 3.88. The van der Waals surface area contributed by atoms with Gasteiger partial charge in [0.2, 0.25) is 0 Å². The Morgan fingerprint density at radius 1 is 1.18 bits per heavy atom. The lowest BCUT2D eigenvalue weighted by Crippen LogP contribution is -2.40. The Bertz CT molecular complexity index is 441. The highest BCUT2D eigenvalue weighted by atomic mass is 14.9. The van der Waals surface area contributed by atoms with Gasteiger partial charge in [-0.15, -0.1) is 0 Å². The first-order chi connectivity index (χ1) is 8.09. The molecule has 2 rings (SSSR count). The number of hydrogen-bond donors (Lipinski definition) is 2. The van der Waals surface area contributed by atoms with Crippen molar-refractivity contribution in [2.24, 2.45) is 5.41 Å². The molecule has 0 bridgehead atoms. The number of para-hydroxylation sites is 1. The van der Waals surface area contributed by atoms with Gasteiger partial charge in [0.1, 0.15) is 0 Å². The Kier molecular flexibility index (Phi) is 3.34. The summed E-state index contributed by atoms with van der Waals surface area (Å²) in [5.41, 5.74) is 7.95. The summed E-state index contributed by atoms with van der Waals surface area (Å²) in [6.45, 7) is 4.60. The van der Waals surface area contributed by atoms with Gasteiger partial charge in [-0.1, -0.05) is 32.0 Å². The van der Waals surface area contributed by atoms with Crippen LogP contribution in [-0.4, -0.2) is 0 Å². The minimum Gasteiger partial charge on any atom is -0.359 e. The molecule has 0 fully saturated rings. The van der Waals surface area contributed by atoms with Gasteiger partial charge in [0.15, 0.2) is 0 Å². The van der Waals surface area contributed by atoms with Crippen molar-refractivity contribution in [2.45, 2.75) is 26.7 Å². The Morgan fingerprint density at radius 3 is 2.53 bits per heavy atom. The smallest absolute Gasteiger partial charge is 0.0942 e. The van der Waals surface area contributed by atoms with Crippen LogP contribution in [0.25, 0.3) is 0 Å². The molecule has 0 radical (unpaired) electrons. The minimum absolute atomic E-state index is 0.315. The molecule has 0 heterocycles. The average Bonchev–Trinajstić information content (AvgIpc) is 2.28. The molecule has 0 spiro atoms. The van der Waals surface area contributed by atoms with Crippen LogP contribution in [0.4, 0.5) is 5.69 Å². The zero-order valence-corrected chi connectivity index (χ0v) is 10.7. The third-order valence-electron chi connectivity index (χ3n) is 3.05. The largest absolute Gasteiger partial charge is 0.359 e.